The van der Waals surface area contributed by atoms with E-state index in [4.69, 9.17) is 0 Å². The third kappa shape index (κ3) is 3.98. The average molecular weight is 310 g/mol. The summed E-state index contributed by atoms with van der Waals surface area (Å²) in [7, 11) is 8.53. The number of rotatable bonds is 8. The van der Waals surface area contributed by atoms with Gasteiger partial charge in [-0.1, -0.05) is 0 Å². The van der Waals surface area contributed by atoms with Crippen molar-refractivity contribution in [3.05, 3.63) is 11.6 Å². The van der Waals surface area contributed by atoms with Crippen molar-refractivity contribution in [1.29, 1.82) is 0 Å². The second-order valence-electron chi connectivity index (χ2n) is 6.38. The van der Waals surface area contributed by atoms with Crippen LogP contribution in [-0.2, 0) is 0 Å². The first kappa shape index (κ1) is 17.2. The number of likely N-dealkylation sites (N-methyl/N-ethyl adjacent to an activating group) is 2. The largest absolute Gasteiger partial charge is 0.357 e. The van der Waals surface area contributed by atoms with Gasteiger partial charge in [0.1, 0.15) is 11.6 Å². The van der Waals surface area contributed by atoms with E-state index in [-0.39, 0.29) is 0 Å². The van der Waals surface area contributed by atoms with E-state index in [2.05, 4.69) is 44.3 Å². The lowest BCUT2D eigenvalue weighted by molar-refractivity contribution is 0.0843. The van der Waals surface area contributed by atoms with E-state index in [1.807, 2.05) is 14.1 Å². The monoisotopic (exact) mass is 310 g/mol. The number of nitrogens with one attached hydrogen (secondary N) is 2. The molecule has 2 aliphatic rings. The zero-order valence-electron chi connectivity index (χ0n) is 14.9. The SMILES string of the molecule is CNCCCN1CCN(C)C2=C1N(CCCNC)CCN2C. The molecular formula is C16H34N6. The maximum atomic E-state index is 3.26. The van der Waals surface area contributed by atoms with Crippen LogP contribution in [0.2, 0.25) is 0 Å². The van der Waals surface area contributed by atoms with E-state index in [1.165, 1.54) is 24.5 Å². The van der Waals surface area contributed by atoms with Gasteiger partial charge in [0.25, 0.3) is 0 Å². The number of nitrogens with zero attached hydrogens (tertiary/aromatic N) is 4. The molecule has 0 saturated heterocycles. The Labute approximate surface area is 136 Å². The Balaban J connectivity index is 2.13. The van der Waals surface area contributed by atoms with Crippen LogP contribution in [0.1, 0.15) is 12.8 Å². The Morgan fingerprint density at radius 1 is 0.727 bits per heavy atom. The quantitative estimate of drug-likeness (QED) is 0.606. The molecule has 2 aliphatic heterocycles. The first-order valence-corrected chi connectivity index (χ1v) is 8.64. The van der Waals surface area contributed by atoms with E-state index >= 15 is 0 Å². The van der Waals surface area contributed by atoms with Gasteiger partial charge in [-0.25, -0.2) is 0 Å². The van der Waals surface area contributed by atoms with Crippen molar-refractivity contribution >= 4 is 0 Å². The van der Waals surface area contributed by atoms with Gasteiger partial charge in [0.05, 0.1) is 0 Å². The van der Waals surface area contributed by atoms with Crippen molar-refractivity contribution in [2.75, 3.05) is 80.5 Å². The minimum atomic E-state index is 1.09. The highest BCUT2D eigenvalue weighted by Gasteiger charge is 2.32. The maximum Gasteiger partial charge on any atom is 0.146 e. The van der Waals surface area contributed by atoms with Crippen molar-refractivity contribution < 1.29 is 0 Å². The molecule has 0 aliphatic carbocycles. The molecular weight excluding hydrogens is 276 g/mol. The van der Waals surface area contributed by atoms with Crippen LogP contribution in [0.5, 0.6) is 0 Å². The molecule has 2 rings (SSSR count). The molecule has 0 spiro atoms. The first-order valence-electron chi connectivity index (χ1n) is 8.64. The fourth-order valence-corrected chi connectivity index (χ4v) is 3.41. The lowest BCUT2D eigenvalue weighted by Gasteiger charge is -2.49. The van der Waals surface area contributed by atoms with Crippen molar-refractivity contribution in [3.63, 3.8) is 0 Å². The van der Waals surface area contributed by atoms with Crippen LogP contribution >= 0.6 is 0 Å². The number of hydrogen-bond donors (Lipinski definition) is 2. The molecule has 0 aromatic heterocycles. The molecule has 0 amide bonds. The fourth-order valence-electron chi connectivity index (χ4n) is 3.41. The maximum absolute atomic E-state index is 3.26. The summed E-state index contributed by atoms with van der Waals surface area (Å²) in [6.45, 7) is 8.97. The normalized spacial score (nSPS) is 19.1. The minimum Gasteiger partial charge on any atom is -0.357 e. The Hall–Kier alpha value is -1.14. The van der Waals surface area contributed by atoms with Crippen molar-refractivity contribution in [3.8, 4) is 0 Å². The Morgan fingerprint density at radius 3 is 1.59 bits per heavy atom. The highest BCUT2D eigenvalue weighted by molar-refractivity contribution is 5.16. The molecule has 0 saturated carbocycles. The second-order valence-corrected chi connectivity index (χ2v) is 6.38. The zero-order chi connectivity index (χ0) is 15.9. The third-order valence-corrected chi connectivity index (χ3v) is 4.64. The summed E-state index contributed by atoms with van der Waals surface area (Å²) in [6, 6.07) is 0. The summed E-state index contributed by atoms with van der Waals surface area (Å²) in [4.78, 5) is 10.0. The minimum absolute atomic E-state index is 1.09. The van der Waals surface area contributed by atoms with Crippen molar-refractivity contribution in [1.82, 2.24) is 30.2 Å². The molecule has 2 N–H and O–H groups in total. The predicted molar refractivity (Wildman–Crippen MR) is 92.5 cm³/mol. The van der Waals surface area contributed by atoms with Gasteiger partial charge in [-0.3, -0.25) is 0 Å². The van der Waals surface area contributed by atoms with E-state index in [1.54, 1.807) is 0 Å². The van der Waals surface area contributed by atoms with E-state index in [9.17, 15) is 0 Å². The van der Waals surface area contributed by atoms with Gasteiger partial charge >= 0.3 is 0 Å². The van der Waals surface area contributed by atoms with Gasteiger partial charge in [-0.05, 0) is 40.0 Å². The molecule has 6 heteroatoms. The summed E-state index contributed by atoms with van der Waals surface area (Å²) in [5.41, 5.74) is 0. The molecule has 0 bridgehead atoms. The fraction of sp³-hybridized carbons (Fsp3) is 0.875. The lowest BCUT2D eigenvalue weighted by Crippen LogP contribution is -2.55. The van der Waals surface area contributed by atoms with Crippen LogP contribution in [0.15, 0.2) is 11.6 Å². The number of hydrogen-bond acceptors (Lipinski definition) is 6. The van der Waals surface area contributed by atoms with E-state index < -0.39 is 0 Å². The summed E-state index contributed by atoms with van der Waals surface area (Å²) in [6.07, 6.45) is 2.40. The summed E-state index contributed by atoms with van der Waals surface area (Å²) < 4.78 is 0. The van der Waals surface area contributed by atoms with Gasteiger partial charge in [-0.15, -0.1) is 0 Å². The Morgan fingerprint density at radius 2 is 1.18 bits per heavy atom. The van der Waals surface area contributed by atoms with Gasteiger partial charge in [-0.2, -0.15) is 0 Å². The summed E-state index contributed by atoms with van der Waals surface area (Å²) in [5, 5.41) is 6.53. The third-order valence-electron chi connectivity index (χ3n) is 4.64. The van der Waals surface area contributed by atoms with E-state index in [0.29, 0.717) is 0 Å². The van der Waals surface area contributed by atoms with Crippen molar-refractivity contribution in [2.24, 2.45) is 0 Å². The molecule has 6 nitrogen and oxygen atoms in total. The van der Waals surface area contributed by atoms with Crippen LogP contribution < -0.4 is 10.6 Å². The predicted octanol–water partition coefficient (Wildman–Crippen LogP) is -0.173. The molecule has 128 valence electrons. The Bertz CT molecular complexity index is 338. The molecule has 0 aromatic carbocycles. The molecule has 0 aromatic rings. The topological polar surface area (TPSA) is 37.0 Å². The van der Waals surface area contributed by atoms with Crippen LogP contribution in [-0.4, -0.2) is 100 Å². The summed E-state index contributed by atoms with van der Waals surface area (Å²) in [5.74, 6) is 2.86. The van der Waals surface area contributed by atoms with Gasteiger partial charge in [0, 0.05) is 53.4 Å². The van der Waals surface area contributed by atoms with Crippen LogP contribution in [0, 0.1) is 0 Å². The standard InChI is InChI=1S/C16H34N6/c1-17-7-5-9-21-13-11-19(3)15-16(21)22(10-6-8-18-2)14-12-20(15)4/h17-18H,5-14H2,1-4H3. The second kappa shape index (κ2) is 8.48. The molecule has 0 unspecified atom stereocenters. The molecule has 0 fully saturated rings. The molecule has 0 atom stereocenters. The smallest absolute Gasteiger partial charge is 0.146 e. The first-order chi connectivity index (χ1) is 10.7. The molecule has 2 heterocycles. The highest BCUT2D eigenvalue weighted by atomic mass is 15.5. The van der Waals surface area contributed by atoms with E-state index in [0.717, 1.165) is 52.4 Å². The van der Waals surface area contributed by atoms with Crippen LogP contribution in [0.4, 0.5) is 0 Å². The van der Waals surface area contributed by atoms with Crippen LogP contribution in [0.25, 0.3) is 0 Å². The highest BCUT2D eigenvalue weighted by Crippen LogP contribution is 2.28. The molecule has 22 heavy (non-hydrogen) atoms. The zero-order valence-corrected chi connectivity index (χ0v) is 14.9. The van der Waals surface area contributed by atoms with Gasteiger partial charge < -0.3 is 30.2 Å². The van der Waals surface area contributed by atoms with Gasteiger partial charge in [0.15, 0.2) is 0 Å². The van der Waals surface area contributed by atoms with Gasteiger partial charge in [0.2, 0.25) is 0 Å². The van der Waals surface area contributed by atoms with Crippen LogP contribution in [0.3, 0.4) is 0 Å². The Kier molecular flexibility index (Phi) is 6.64. The lowest BCUT2D eigenvalue weighted by atomic mass is 10.2. The average Bonchev–Trinajstić information content (AvgIpc) is 2.51. The summed E-state index contributed by atoms with van der Waals surface area (Å²) >= 11 is 0. The van der Waals surface area contributed by atoms with Crippen molar-refractivity contribution in [2.45, 2.75) is 12.8 Å². The molecule has 0 radical (unpaired) electrons.